The van der Waals surface area contributed by atoms with Gasteiger partial charge in [0.15, 0.2) is 0 Å². The fourth-order valence-corrected chi connectivity index (χ4v) is 2.71. The number of rotatable bonds is 5. The third kappa shape index (κ3) is 3.67. The Morgan fingerprint density at radius 2 is 1.95 bits per heavy atom. The van der Waals surface area contributed by atoms with Crippen molar-refractivity contribution in [2.45, 2.75) is 18.4 Å². The molecule has 2 aromatic rings. The molecular weight excluding hydrogens is 302 g/mol. The lowest BCUT2D eigenvalue weighted by molar-refractivity contribution is -0.385. The lowest BCUT2D eigenvalue weighted by Gasteiger charge is -2.20. The van der Waals surface area contributed by atoms with E-state index in [1.807, 2.05) is 36.2 Å². The summed E-state index contributed by atoms with van der Waals surface area (Å²) in [6.07, 6.45) is 2.91. The second-order valence-corrected chi connectivity index (χ2v) is 6.42. The standard InChI is InChI=1S/C15H17N3O3S/c1-11-8-13(18(19)20)9-16-15(11)17(2)10-12-4-6-14(7-5-12)22(3)21/h4-9H,10H2,1-3H3. The molecule has 1 unspecified atom stereocenters. The summed E-state index contributed by atoms with van der Waals surface area (Å²) in [5.74, 6) is 0.703. The summed E-state index contributed by atoms with van der Waals surface area (Å²) in [4.78, 5) is 17.2. The Hall–Kier alpha value is -2.28. The highest BCUT2D eigenvalue weighted by Gasteiger charge is 2.12. The summed E-state index contributed by atoms with van der Waals surface area (Å²) in [7, 11) is 0.895. The van der Waals surface area contributed by atoms with E-state index in [0.717, 1.165) is 16.0 Å². The molecule has 0 N–H and O–H groups in total. The molecule has 6 nitrogen and oxygen atoms in total. The van der Waals surface area contributed by atoms with Crippen molar-refractivity contribution < 1.29 is 9.13 Å². The molecule has 0 radical (unpaired) electrons. The Bertz CT molecular complexity index is 716. The highest BCUT2D eigenvalue weighted by molar-refractivity contribution is 7.84. The summed E-state index contributed by atoms with van der Waals surface area (Å²) < 4.78 is 11.4. The average molecular weight is 319 g/mol. The van der Waals surface area contributed by atoms with Gasteiger partial charge in [-0.25, -0.2) is 4.98 Å². The molecule has 0 aliphatic carbocycles. The maximum Gasteiger partial charge on any atom is 0.287 e. The first-order valence-electron chi connectivity index (χ1n) is 6.63. The minimum atomic E-state index is -0.987. The first kappa shape index (κ1) is 16.1. The summed E-state index contributed by atoms with van der Waals surface area (Å²) in [6.45, 7) is 2.41. The van der Waals surface area contributed by atoms with Crippen molar-refractivity contribution in [1.82, 2.24) is 4.98 Å². The SMILES string of the molecule is Cc1cc([N+](=O)[O-])cnc1N(C)Cc1ccc(S(C)=O)cc1. The minimum Gasteiger partial charge on any atom is -0.355 e. The van der Waals surface area contributed by atoms with Gasteiger partial charge >= 0.3 is 0 Å². The molecule has 0 aliphatic heterocycles. The summed E-state index contributed by atoms with van der Waals surface area (Å²) >= 11 is 0. The molecule has 116 valence electrons. The van der Waals surface area contributed by atoms with Crippen LogP contribution in [0.4, 0.5) is 11.5 Å². The molecular formula is C15H17N3O3S. The van der Waals surface area contributed by atoms with Crippen molar-refractivity contribution in [3.63, 3.8) is 0 Å². The van der Waals surface area contributed by atoms with Crippen molar-refractivity contribution >= 4 is 22.3 Å². The third-order valence-electron chi connectivity index (χ3n) is 3.28. The van der Waals surface area contributed by atoms with E-state index >= 15 is 0 Å². The number of hydrogen-bond acceptors (Lipinski definition) is 5. The van der Waals surface area contributed by atoms with Crippen molar-refractivity contribution in [2.24, 2.45) is 0 Å². The monoisotopic (exact) mass is 319 g/mol. The van der Waals surface area contributed by atoms with Gasteiger partial charge in [0.2, 0.25) is 0 Å². The molecule has 1 aromatic carbocycles. The molecule has 0 spiro atoms. The van der Waals surface area contributed by atoms with Gasteiger partial charge < -0.3 is 4.90 Å². The van der Waals surface area contributed by atoms with E-state index in [2.05, 4.69) is 4.98 Å². The molecule has 0 aliphatic rings. The Kier molecular flexibility index (Phi) is 4.87. The number of aryl methyl sites for hydroxylation is 1. The largest absolute Gasteiger partial charge is 0.355 e. The van der Waals surface area contributed by atoms with Gasteiger partial charge in [-0.2, -0.15) is 0 Å². The van der Waals surface area contributed by atoms with Gasteiger partial charge in [-0.05, 0) is 30.2 Å². The third-order valence-corrected chi connectivity index (χ3v) is 4.22. The maximum atomic E-state index is 11.4. The quantitative estimate of drug-likeness (QED) is 0.625. The van der Waals surface area contributed by atoms with E-state index in [1.54, 1.807) is 13.2 Å². The number of nitro groups is 1. The predicted molar refractivity (Wildman–Crippen MR) is 86.5 cm³/mol. The number of hydrogen-bond donors (Lipinski definition) is 0. The van der Waals surface area contributed by atoms with Crippen LogP contribution in [0.3, 0.4) is 0 Å². The molecule has 0 fully saturated rings. The molecule has 0 saturated heterocycles. The molecule has 2 rings (SSSR count). The zero-order chi connectivity index (χ0) is 16.3. The number of anilines is 1. The zero-order valence-corrected chi connectivity index (χ0v) is 13.5. The van der Waals surface area contributed by atoms with E-state index in [9.17, 15) is 14.3 Å². The van der Waals surface area contributed by atoms with Crippen LogP contribution in [0.25, 0.3) is 0 Å². The lowest BCUT2D eigenvalue weighted by Crippen LogP contribution is -2.18. The van der Waals surface area contributed by atoms with Crippen LogP contribution in [0.1, 0.15) is 11.1 Å². The van der Waals surface area contributed by atoms with Crippen LogP contribution >= 0.6 is 0 Å². The second-order valence-electron chi connectivity index (χ2n) is 5.05. The molecule has 0 saturated carbocycles. The van der Waals surface area contributed by atoms with E-state index in [4.69, 9.17) is 0 Å². The van der Waals surface area contributed by atoms with Crippen LogP contribution in [-0.2, 0) is 17.3 Å². The smallest absolute Gasteiger partial charge is 0.287 e. The van der Waals surface area contributed by atoms with Crippen LogP contribution < -0.4 is 4.90 Å². The van der Waals surface area contributed by atoms with Crippen LogP contribution in [0.15, 0.2) is 41.4 Å². The first-order chi connectivity index (χ1) is 10.4. The van der Waals surface area contributed by atoms with Crippen molar-refractivity contribution in [3.05, 3.63) is 57.8 Å². The number of benzene rings is 1. The average Bonchev–Trinajstić information content (AvgIpc) is 2.47. The highest BCUT2D eigenvalue weighted by atomic mass is 32.2. The van der Waals surface area contributed by atoms with Crippen LogP contribution in [0.5, 0.6) is 0 Å². The second kappa shape index (κ2) is 6.65. The number of pyridine rings is 1. The van der Waals surface area contributed by atoms with E-state index < -0.39 is 15.7 Å². The van der Waals surface area contributed by atoms with Gasteiger partial charge in [0.25, 0.3) is 5.69 Å². The topological polar surface area (TPSA) is 76.3 Å². The van der Waals surface area contributed by atoms with Crippen molar-refractivity contribution in [1.29, 1.82) is 0 Å². The number of aromatic nitrogens is 1. The fraction of sp³-hybridized carbons (Fsp3) is 0.267. The normalized spacial score (nSPS) is 12.0. The summed E-state index contributed by atoms with van der Waals surface area (Å²) in [6, 6.07) is 9.05. The number of nitrogens with zero attached hydrogens (tertiary/aromatic N) is 3. The predicted octanol–water partition coefficient (Wildman–Crippen LogP) is 2.67. The minimum absolute atomic E-state index is 0.00979. The Balaban J connectivity index is 2.16. The Morgan fingerprint density at radius 3 is 2.45 bits per heavy atom. The van der Waals surface area contributed by atoms with E-state index in [0.29, 0.717) is 12.4 Å². The molecule has 1 aromatic heterocycles. The molecule has 22 heavy (non-hydrogen) atoms. The molecule has 0 bridgehead atoms. The van der Waals surface area contributed by atoms with Gasteiger partial charge in [0, 0.05) is 41.6 Å². The lowest BCUT2D eigenvalue weighted by atomic mass is 10.2. The molecule has 0 amide bonds. The Labute approximate surface area is 131 Å². The van der Waals surface area contributed by atoms with Gasteiger partial charge in [-0.3, -0.25) is 14.3 Å². The van der Waals surface area contributed by atoms with Crippen molar-refractivity contribution in [2.75, 3.05) is 18.2 Å². The summed E-state index contributed by atoms with van der Waals surface area (Å²) in [5.41, 5.74) is 1.80. The van der Waals surface area contributed by atoms with E-state index in [1.165, 1.54) is 12.3 Å². The van der Waals surface area contributed by atoms with Gasteiger partial charge in [-0.1, -0.05) is 12.1 Å². The molecule has 1 heterocycles. The van der Waals surface area contributed by atoms with Crippen LogP contribution in [0.2, 0.25) is 0 Å². The van der Waals surface area contributed by atoms with Crippen LogP contribution in [0, 0.1) is 17.0 Å². The fourth-order valence-electron chi connectivity index (χ4n) is 2.19. The van der Waals surface area contributed by atoms with Crippen LogP contribution in [-0.4, -0.2) is 27.4 Å². The highest BCUT2D eigenvalue weighted by Crippen LogP contribution is 2.22. The van der Waals surface area contributed by atoms with Gasteiger partial charge in [0.1, 0.15) is 12.0 Å². The van der Waals surface area contributed by atoms with Crippen molar-refractivity contribution in [3.8, 4) is 0 Å². The van der Waals surface area contributed by atoms with Gasteiger partial charge in [0.05, 0.1) is 4.92 Å². The molecule has 1 atom stereocenters. The van der Waals surface area contributed by atoms with E-state index in [-0.39, 0.29) is 5.69 Å². The first-order valence-corrected chi connectivity index (χ1v) is 8.19. The Morgan fingerprint density at radius 1 is 1.32 bits per heavy atom. The van der Waals surface area contributed by atoms with Gasteiger partial charge in [-0.15, -0.1) is 0 Å². The summed E-state index contributed by atoms with van der Waals surface area (Å²) in [5, 5.41) is 10.7. The molecule has 7 heteroatoms. The maximum absolute atomic E-state index is 11.4. The zero-order valence-electron chi connectivity index (χ0n) is 12.6.